The molecule has 6 heteroatoms. The topological polar surface area (TPSA) is 77.0 Å². The first kappa shape index (κ1) is 17.3. The van der Waals surface area contributed by atoms with Crippen LogP contribution in [-0.2, 0) is 9.53 Å². The van der Waals surface area contributed by atoms with Gasteiger partial charge in [-0.05, 0) is 25.5 Å². The number of para-hydroxylation sites is 2. The standard InChI is InChI=1S/C15H23NO5/c1-2-20-13-6-3-4-7-14(13)21-12-15(18)16-8-5-10-19-11-9-17/h3-4,6-7,17H,2,5,8-12H2,1H3,(H,16,18). The minimum absolute atomic E-state index is 0.0133. The van der Waals surface area contributed by atoms with Gasteiger partial charge in [-0.25, -0.2) is 0 Å². The molecule has 6 nitrogen and oxygen atoms in total. The fourth-order valence-corrected chi connectivity index (χ4v) is 1.61. The summed E-state index contributed by atoms with van der Waals surface area (Å²) in [7, 11) is 0. The molecule has 0 aromatic heterocycles. The minimum Gasteiger partial charge on any atom is -0.490 e. The Labute approximate surface area is 125 Å². The van der Waals surface area contributed by atoms with Crippen molar-refractivity contribution < 1.29 is 24.1 Å². The van der Waals surface area contributed by atoms with E-state index in [0.717, 1.165) is 0 Å². The van der Waals surface area contributed by atoms with Gasteiger partial charge in [-0.3, -0.25) is 4.79 Å². The van der Waals surface area contributed by atoms with Gasteiger partial charge in [-0.15, -0.1) is 0 Å². The molecule has 0 aliphatic heterocycles. The lowest BCUT2D eigenvalue weighted by Crippen LogP contribution is -2.30. The van der Waals surface area contributed by atoms with E-state index in [1.54, 1.807) is 12.1 Å². The van der Waals surface area contributed by atoms with Gasteiger partial charge in [0.2, 0.25) is 0 Å². The number of carbonyl (C=O) groups excluding carboxylic acids is 1. The van der Waals surface area contributed by atoms with Crippen LogP contribution in [0, 0.1) is 0 Å². The zero-order chi connectivity index (χ0) is 15.3. The van der Waals surface area contributed by atoms with Crippen LogP contribution < -0.4 is 14.8 Å². The number of carbonyl (C=O) groups is 1. The van der Waals surface area contributed by atoms with Crippen LogP contribution in [0.2, 0.25) is 0 Å². The largest absolute Gasteiger partial charge is 0.490 e. The van der Waals surface area contributed by atoms with Gasteiger partial charge in [-0.1, -0.05) is 12.1 Å². The van der Waals surface area contributed by atoms with Crippen molar-refractivity contribution in [1.29, 1.82) is 0 Å². The number of ether oxygens (including phenoxy) is 3. The minimum atomic E-state index is -0.191. The maximum absolute atomic E-state index is 11.6. The molecule has 0 unspecified atom stereocenters. The summed E-state index contributed by atoms with van der Waals surface area (Å²) < 4.78 is 15.9. The molecule has 0 radical (unpaired) electrons. The highest BCUT2D eigenvalue weighted by Crippen LogP contribution is 2.26. The summed E-state index contributed by atoms with van der Waals surface area (Å²) in [5.74, 6) is 0.995. The monoisotopic (exact) mass is 297 g/mol. The summed E-state index contributed by atoms with van der Waals surface area (Å²) in [5, 5.41) is 11.3. The molecule has 2 N–H and O–H groups in total. The molecule has 1 amide bonds. The molecule has 118 valence electrons. The first-order chi connectivity index (χ1) is 10.3. The van der Waals surface area contributed by atoms with Crippen molar-refractivity contribution in [3.8, 4) is 11.5 Å². The molecular weight excluding hydrogens is 274 g/mol. The molecule has 0 bridgehead atoms. The van der Waals surface area contributed by atoms with Crippen LogP contribution in [-0.4, -0.2) is 50.6 Å². The van der Waals surface area contributed by atoms with Crippen LogP contribution in [0.5, 0.6) is 11.5 Å². The molecule has 1 rings (SSSR count). The molecule has 0 atom stereocenters. The van der Waals surface area contributed by atoms with Crippen LogP contribution in [0.25, 0.3) is 0 Å². The molecule has 0 fully saturated rings. The van der Waals surface area contributed by atoms with E-state index in [4.69, 9.17) is 19.3 Å². The van der Waals surface area contributed by atoms with Crippen molar-refractivity contribution >= 4 is 5.91 Å². The first-order valence-corrected chi connectivity index (χ1v) is 7.07. The van der Waals surface area contributed by atoms with Crippen molar-refractivity contribution in [1.82, 2.24) is 5.32 Å². The van der Waals surface area contributed by atoms with E-state index < -0.39 is 0 Å². The summed E-state index contributed by atoms with van der Waals surface area (Å²) in [5.41, 5.74) is 0. The van der Waals surface area contributed by atoms with E-state index in [1.165, 1.54) is 0 Å². The van der Waals surface area contributed by atoms with Crippen LogP contribution in [0.3, 0.4) is 0 Å². The van der Waals surface area contributed by atoms with Gasteiger partial charge in [0.25, 0.3) is 5.91 Å². The Morgan fingerprint density at radius 2 is 1.90 bits per heavy atom. The predicted molar refractivity (Wildman–Crippen MR) is 78.6 cm³/mol. The third-order valence-electron chi connectivity index (χ3n) is 2.53. The zero-order valence-corrected chi connectivity index (χ0v) is 12.3. The predicted octanol–water partition coefficient (Wildman–Crippen LogP) is 0.979. The van der Waals surface area contributed by atoms with Crippen LogP contribution in [0.4, 0.5) is 0 Å². The Kier molecular flexibility index (Phi) is 8.99. The smallest absolute Gasteiger partial charge is 0.257 e. The lowest BCUT2D eigenvalue weighted by molar-refractivity contribution is -0.123. The van der Waals surface area contributed by atoms with Crippen LogP contribution in [0.15, 0.2) is 24.3 Å². The summed E-state index contributed by atoms with van der Waals surface area (Å²) in [6.07, 6.45) is 0.696. The van der Waals surface area contributed by atoms with E-state index in [1.807, 2.05) is 19.1 Å². The number of nitrogens with one attached hydrogen (secondary N) is 1. The van der Waals surface area contributed by atoms with Crippen LogP contribution >= 0.6 is 0 Å². The summed E-state index contributed by atoms with van der Waals surface area (Å²) in [6.45, 7) is 3.74. The Balaban J connectivity index is 2.21. The van der Waals surface area contributed by atoms with Gasteiger partial charge in [0.15, 0.2) is 18.1 Å². The maximum Gasteiger partial charge on any atom is 0.257 e. The summed E-state index contributed by atoms with van der Waals surface area (Å²) in [6, 6.07) is 7.24. The Bertz CT molecular complexity index is 411. The van der Waals surface area contributed by atoms with Gasteiger partial charge < -0.3 is 24.6 Å². The fraction of sp³-hybridized carbons (Fsp3) is 0.533. The molecule has 1 aromatic carbocycles. The third kappa shape index (κ3) is 7.53. The van der Waals surface area contributed by atoms with E-state index in [0.29, 0.717) is 44.3 Å². The van der Waals surface area contributed by atoms with Gasteiger partial charge in [0.1, 0.15) is 0 Å². The van der Waals surface area contributed by atoms with E-state index in [9.17, 15) is 4.79 Å². The fourth-order valence-electron chi connectivity index (χ4n) is 1.61. The summed E-state index contributed by atoms with van der Waals surface area (Å²) in [4.78, 5) is 11.6. The Morgan fingerprint density at radius 3 is 2.57 bits per heavy atom. The molecular formula is C15H23NO5. The lowest BCUT2D eigenvalue weighted by atomic mass is 10.3. The number of rotatable bonds is 11. The van der Waals surface area contributed by atoms with Crippen molar-refractivity contribution in [2.75, 3.05) is 39.6 Å². The maximum atomic E-state index is 11.6. The highest BCUT2D eigenvalue weighted by atomic mass is 16.5. The van der Waals surface area contributed by atoms with Gasteiger partial charge in [-0.2, -0.15) is 0 Å². The Hall–Kier alpha value is -1.79. The van der Waals surface area contributed by atoms with Gasteiger partial charge >= 0.3 is 0 Å². The number of hydrogen-bond donors (Lipinski definition) is 2. The highest BCUT2D eigenvalue weighted by Gasteiger charge is 2.06. The molecule has 0 aliphatic carbocycles. The van der Waals surface area contributed by atoms with Crippen LogP contribution in [0.1, 0.15) is 13.3 Å². The van der Waals surface area contributed by atoms with Crippen molar-refractivity contribution in [3.05, 3.63) is 24.3 Å². The average Bonchev–Trinajstić information content (AvgIpc) is 2.50. The van der Waals surface area contributed by atoms with Crippen molar-refractivity contribution in [3.63, 3.8) is 0 Å². The number of aliphatic hydroxyl groups excluding tert-OH is 1. The molecule has 0 saturated heterocycles. The van der Waals surface area contributed by atoms with E-state index >= 15 is 0 Å². The van der Waals surface area contributed by atoms with E-state index in [-0.39, 0.29) is 19.1 Å². The average molecular weight is 297 g/mol. The number of benzene rings is 1. The number of amides is 1. The second kappa shape index (κ2) is 10.9. The molecule has 0 saturated carbocycles. The lowest BCUT2D eigenvalue weighted by Gasteiger charge is -2.11. The van der Waals surface area contributed by atoms with E-state index in [2.05, 4.69) is 5.32 Å². The third-order valence-corrected chi connectivity index (χ3v) is 2.53. The molecule has 1 aromatic rings. The molecule has 0 spiro atoms. The first-order valence-electron chi connectivity index (χ1n) is 7.07. The molecule has 21 heavy (non-hydrogen) atoms. The molecule has 0 heterocycles. The SMILES string of the molecule is CCOc1ccccc1OCC(=O)NCCCOCCO. The van der Waals surface area contributed by atoms with Gasteiger partial charge in [0.05, 0.1) is 19.8 Å². The number of aliphatic hydroxyl groups is 1. The second-order valence-electron chi connectivity index (χ2n) is 4.21. The zero-order valence-electron chi connectivity index (χ0n) is 12.3. The Morgan fingerprint density at radius 1 is 1.19 bits per heavy atom. The normalized spacial score (nSPS) is 10.2. The number of hydrogen-bond acceptors (Lipinski definition) is 5. The molecule has 0 aliphatic rings. The second-order valence-corrected chi connectivity index (χ2v) is 4.21. The highest BCUT2D eigenvalue weighted by molar-refractivity contribution is 5.77. The van der Waals surface area contributed by atoms with Gasteiger partial charge in [0, 0.05) is 13.2 Å². The van der Waals surface area contributed by atoms with Crippen molar-refractivity contribution in [2.45, 2.75) is 13.3 Å². The quantitative estimate of drug-likeness (QED) is 0.595. The van der Waals surface area contributed by atoms with Crippen molar-refractivity contribution in [2.24, 2.45) is 0 Å². The summed E-state index contributed by atoms with van der Waals surface area (Å²) >= 11 is 0.